The van der Waals surface area contributed by atoms with Crippen molar-refractivity contribution in [3.63, 3.8) is 0 Å². The third-order valence-electron chi connectivity index (χ3n) is 5.91. The van der Waals surface area contributed by atoms with E-state index in [4.69, 9.17) is 17.3 Å². The predicted molar refractivity (Wildman–Crippen MR) is 112 cm³/mol. The number of piperazine rings is 1. The maximum absolute atomic E-state index is 13.7. The maximum atomic E-state index is 13.7. The number of carbonyl (C=O) groups is 1. The minimum Gasteiger partial charge on any atom is -0.387 e. The molecule has 2 aliphatic rings. The zero-order chi connectivity index (χ0) is 21.4. The van der Waals surface area contributed by atoms with Crippen molar-refractivity contribution < 1.29 is 14.3 Å². The Labute approximate surface area is 179 Å². The lowest BCUT2D eigenvalue weighted by atomic mass is 10.0. The Hall–Kier alpha value is -2.29. The molecule has 7 nitrogen and oxygen atoms in total. The second-order valence-corrected chi connectivity index (χ2v) is 8.41. The quantitative estimate of drug-likeness (QED) is 0.764. The number of carbonyl (C=O) groups excluding carboxylic acids is 1. The van der Waals surface area contributed by atoms with Gasteiger partial charge < -0.3 is 20.6 Å². The summed E-state index contributed by atoms with van der Waals surface area (Å²) in [6.07, 6.45) is 2.62. The maximum Gasteiger partial charge on any atom is 0.239 e. The molecule has 1 saturated heterocycles. The summed E-state index contributed by atoms with van der Waals surface area (Å²) in [7, 11) is 0. The molecule has 160 valence electrons. The summed E-state index contributed by atoms with van der Waals surface area (Å²) < 4.78 is 13.7. The van der Waals surface area contributed by atoms with E-state index in [9.17, 15) is 14.3 Å². The molecule has 1 aliphatic carbocycles. The standard InChI is InChI=1S/C21H25ClFN5O2/c1-12-10-27(21(30)17(24)9-13-2-4-15(22)16(23)8-13)6-7-28(12)20-14-3-5-18(29)19(14)25-11-26-20/h2,4,8,11-12,17-18,29H,3,5-7,9-10,24H2,1H3. The smallest absolute Gasteiger partial charge is 0.239 e. The van der Waals surface area contributed by atoms with Gasteiger partial charge in [-0.1, -0.05) is 17.7 Å². The van der Waals surface area contributed by atoms with Crippen LogP contribution in [0.4, 0.5) is 10.2 Å². The molecule has 4 rings (SSSR count). The number of hydrogen-bond acceptors (Lipinski definition) is 6. The van der Waals surface area contributed by atoms with Crippen LogP contribution in [0.2, 0.25) is 5.02 Å². The Balaban J connectivity index is 1.42. The highest BCUT2D eigenvalue weighted by molar-refractivity contribution is 6.30. The lowest BCUT2D eigenvalue weighted by Gasteiger charge is -2.41. The number of anilines is 1. The van der Waals surface area contributed by atoms with Gasteiger partial charge in [0.1, 0.15) is 18.0 Å². The van der Waals surface area contributed by atoms with Crippen LogP contribution < -0.4 is 10.6 Å². The zero-order valence-corrected chi connectivity index (χ0v) is 17.5. The molecule has 2 aromatic rings. The van der Waals surface area contributed by atoms with Gasteiger partial charge in [0, 0.05) is 31.2 Å². The molecule has 3 unspecified atom stereocenters. The van der Waals surface area contributed by atoms with Crippen molar-refractivity contribution in [2.45, 2.75) is 44.4 Å². The summed E-state index contributed by atoms with van der Waals surface area (Å²) in [5, 5.41) is 10.1. The van der Waals surface area contributed by atoms with Crippen molar-refractivity contribution in [3.8, 4) is 0 Å². The summed E-state index contributed by atoms with van der Waals surface area (Å²) in [6.45, 7) is 3.70. The number of nitrogens with zero attached hydrogens (tertiary/aromatic N) is 4. The normalized spacial score (nSPS) is 22.2. The van der Waals surface area contributed by atoms with Crippen molar-refractivity contribution in [3.05, 3.63) is 52.2 Å². The van der Waals surface area contributed by atoms with E-state index in [1.807, 2.05) is 6.92 Å². The Bertz CT molecular complexity index is 959. The van der Waals surface area contributed by atoms with Gasteiger partial charge in [0.2, 0.25) is 5.91 Å². The summed E-state index contributed by atoms with van der Waals surface area (Å²) >= 11 is 5.72. The van der Waals surface area contributed by atoms with E-state index in [1.165, 1.54) is 18.5 Å². The van der Waals surface area contributed by atoms with Crippen LogP contribution in [0.15, 0.2) is 24.5 Å². The van der Waals surface area contributed by atoms with Gasteiger partial charge in [0.25, 0.3) is 0 Å². The average Bonchev–Trinajstić information content (AvgIpc) is 3.11. The third kappa shape index (κ3) is 3.99. The molecule has 0 spiro atoms. The number of aliphatic hydroxyl groups is 1. The topological polar surface area (TPSA) is 95.6 Å². The fraction of sp³-hybridized carbons (Fsp3) is 0.476. The molecule has 0 saturated carbocycles. The first-order valence-electron chi connectivity index (χ1n) is 10.1. The monoisotopic (exact) mass is 433 g/mol. The van der Waals surface area contributed by atoms with E-state index < -0.39 is 18.0 Å². The number of aliphatic hydroxyl groups excluding tert-OH is 1. The van der Waals surface area contributed by atoms with Crippen LogP contribution in [0.1, 0.15) is 36.3 Å². The summed E-state index contributed by atoms with van der Waals surface area (Å²) in [4.78, 5) is 25.5. The molecule has 3 N–H and O–H groups in total. The van der Waals surface area contributed by atoms with Gasteiger partial charge in [-0.25, -0.2) is 14.4 Å². The molecule has 0 radical (unpaired) electrons. The molecule has 30 heavy (non-hydrogen) atoms. The van der Waals surface area contributed by atoms with Crippen molar-refractivity contribution in [2.75, 3.05) is 24.5 Å². The van der Waals surface area contributed by atoms with Crippen molar-refractivity contribution in [2.24, 2.45) is 5.73 Å². The molecular weight excluding hydrogens is 409 g/mol. The van der Waals surface area contributed by atoms with E-state index in [0.29, 0.717) is 37.3 Å². The van der Waals surface area contributed by atoms with Gasteiger partial charge in [0.15, 0.2) is 0 Å². The van der Waals surface area contributed by atoms with Crippen LogP contribution in [-0.4, -0.2) is 57.6 Å². The summed E-state index contributed by atoms with van der Waals surface area (Å²) in [6, 6.07) is 3.77. The fourth-order valence-electron chi connectivity index (χ4n) is 4.32. The molecular formula is C21H25ClFN5O2. The van der Waals surface area contributed by atoms with Crippen LogP contribution in [0.3, 0.4) is 0 Å². The lowest BCUT2D eigenvalue weighted by molar-refractivity contribution is -0.133. The van der Waals surface area contributed by atoms with Crippen LogP contribution >= 0.6 is 11.6 Å². The molecule has 1 amide bonds. The second kappa shape index (κ2) is 8.45. The molecule has 0 bridgehead atoms. The SMILES string of the molecule is CC1CN(C(=O)C(N)Cc2ccc(Cl)c(F)c2)CCN1c1ncnc2c1CCC2O. The van der Waals surface area contributed by atoms with Crippen molar-refractivity contribution in [1.82, 2.24) is 14.9 Å². The molecule has 1 aromatic heterocycles. The Morgan fingerprint density at radius 1 is 1.40 bits per heavy atom. The molecule has 1 fully saturated rings. The molecule has 1 aromatic carbocycles. The summed E-state index contributed by atoms with van der Waals surface area (Å²) in [5.41, 5.74) is 8.49. The number of hydrogen-bond donors (Lipinski definition) is 2. The highest BCUT2D eigenvalue weighted by Crippen LogP contribution is 2.35. The van der Waals surface area contributed by atoms with Gasteiger partial charge in [0.05, 0.1) is 22.9 Å². The van der Waals surface area contributed by atoms with E-state index >= 15 is 0 Å². The van der Waals surface area contributed by atoms with Crippen LogP contribution in [-0.2, 0) is 17.6 Å². The van der Waals surface area contributed by atoms with Gasteiger partial charge in [-0.2, -0.15) is 0 Å². The number of amides is 1. The van der Waals surface area contributed by atoms with Crippen LogP contribution in [0.25, 0.3) is 0 Å². The number of fused-ring (bicyclic) bond motifs is 1. The lowest BCUT2D eigenvalue weighted by Crippen LogP contribution is -2.57. The largest absolute Gasteiger partial charge is 0.387 e. The summed E-state index contributed by atoms with van der Waals surface area (Å²) in [5.74, 6) is 0.177. The molecule has 3 atom stereocenters. The highest BCUT2D eigenvalue weighted by Gasteiger charge is 2.33. The molecule has 1 aliphatic heterocycles. The van der Waals surface area contributed by atoms with Crippen molar-refractivity contribution in [1.29, 1.82) is 0 Å². The predicted octanol–water partition coefficient (Wildman–Crippen LogP) is 1.86. The third-order valence-corrected chi connectivity index (χ3v) is 6.21. The van der Waals surface area contributed by atoms with Gasteiger partial charge >= 0.3 is 0 Å². The molecule has 9 heteroatoms. The van der Waals surface area contributed by atoms with Crippen LogP contribution in [0.5, 0.6) is 0 Å². The van der Waals surface area contributed by atoms with E-state index in [-0.39, 0.29) is 23.4 Å². The Morgan fingerprint density at radius 2 is 2.20 bits per heavy atom. The van der Waals surface area contributed by atoms with Gasteiger partial charge in [-0.3, -0.25) is 4.79 Å². The Morgan fingerprint density at radius 3 is 2.93 bits per heavy atom. The van der Waals surface area contributed by atoms with E-state index in [0.717, 1.165) is 17.8 Å². The zero-order valence-electron chi connectivity index (χ0n) is 16.8. The first kappa shape index (κ1) is 21.0. The number of rotatable bonds is 4. The second-order valence-electron chi connectivity index (χ2n) is 8.00. The molecule has 2 heterocycles. The number of halogens is 2. The fourth-order valence-corrected chi connectivity index (χ4v) is 4.44. The minimum absolute atomic E-state index is 0.0413. The Kier molecular flexibility index (Phi) is 5.90. The number of benzene rings is 1. The number of aromatic nitrogens is 2. The van der Waals surface area contributed by atoms with E-state index in [1.54, 1.807) is 11.0 Å². The van der Waals surface area contributed by atoms with Crippen LogP contribution in [0, 0.1) is 5.82 Å². The number of nitrogens with two attached hydrogens (primary N) is 1. The first-order valence-corrected chi connectivity index (χ1v) is 10.5. The minimum atomic E-state index is -0.747. The average molecular weight is 434 g/mol. The first-order chi connectivity index (χ1) is 14.3. The van der Waals surface area contributed by atoms with Gasteiger partial charge in [-0.15, -0.1) is 0 Å². The van der Waals surface area contributed by atoms with Crippen molar-refractivity contribution >= 4 is 23.3 Å². The van der Waals surface area contributed by atoms with E-state index in [2.05, 4.69) is 14.9 Å². The highest BCUT2D eigenvalue weighted by atomic mass is 35.5. The van der Waals surface area contributed by atoms with Gasteiger partial charge in [-0.05, 0) is 43.9 Å².